The molecule has 0 unspecified atom stereocenters. The zero-order valence-electron chi connectivity index (χ0n) is 15.2. The highest BCUT2D eigenvalue weighted by Gasteiger charge is 2.05. The van der Waals surface area contributed by atoms with Crippen molar-refractivity contribution in [3.05, 3.63) is 59.7 Å². The van der Waals surface area contributed by atoms with Crippen molar-refractivity contribution in [1.29, 1.82) is 0 Å². The molecule has 1 amide bonds. The van der Waals surface area contributed by atoms with Crippen molar-refractivity contribution < 1.29 is 4.79 Å². The van der Waals surface area contributed by atoms with Gasteiger partial charge in [0.2, 0.25) is 0 Å². The largest absolute Gasteiger partial charge is 0.351 e. The number of carbonyl (C=O) groups is 1. The van der Waals surface area contributed by atoms with E-state index in [0.29, 0.717) is 30.5 Å². The Hall–Kier alpha value is -1.87. The molecule has 0 saturated heterocycles. The minimum Gasteiger partial charge on any atom is -0.351 e. The Bertz CT molecular complexity index is 499. The first-order valence-corrected chi connectivity index (χ1v) is 8.23. The predicted molar refractivity (Wildman–Crippen MR) is 101 cm³/mol. The summed E-state index contributed by atoms with van der Waals surface area (Å²) in [7, 11) is 0. The summed E-state index contributed by atoms with van der Waals surface area (Å²) >= 11 is 0. The molecule has 1 aromatic carbocycles. The minimum absolute atomic E-state index is 0.0595. The van der Waals surface area contributed by atoms with Gasteiger partial charge in [0, 0.05) is 18.7 Å². The second-order valence-electron chi connectivity index (χ2n) is 6.05. The molecule has 0 fully saturated rings. The monoisotopic (exact) mass is 316 g/mol. The van der Waals surface area contributed by atoms with Crippen LogP contribution in [0.25, 0.3) is 0 Å². The molecule has 0 aromatic heterocycles. The van der Waals surface area contributed by atoms with Gasteiger partial charge in [0.05, 0.1) is 0 Å². The van der Waals surface area contributed by atoms with E-state index in [9.17, 15) is 4.79 Å². The molecule has 0 heterocycles. The van der Waals surface area contributed by atoms with E-state index in [0.717, 1.165) is 0 Å². The first kappa shape index (κ1) is 21.1. The number of hydrogen-bond donors (Lipinski definition) is 2. The van der Waals surface area contributed by atoms with Gasteiger partial charge in [0.25, 0.3) is 5.91 Å². The molecule has 0 atom stereocenters. The number of hydrogen-bond acceptors (Lipinski definition) is 2. The molecule has 3 N–H and O–H groups in total. The number of rotatable bonds is 6. The van der Waals surface area contributed by atoms with Crippen LogP contribution in [0.5, 0.6) is 0 Å². The van der Waals surface area contributed by atoms with Gasteiger partial charge in [-0.3, -0.25) is 4.79 Å². The van der Waals surface area contributed by atoms with Crippen LogP contribution in [0.1, 0.15) is 56.5 Å². The van der Waals surface area contributed by atoms with Gasteiger partial charge in [-0.25, -0.2) is 0 Å². The standard InChI is InChI=1S/C12H18N2O.C8H14/c1-9(2)10-3-5-11(6-4-10)12(15)14-8-7-13;1-5-6-8(4)7(2)3/h3-6,9H,7-8,13H2,1-2H3,(H,14,15);5-7H,4H2,1-3H3/b;6-5-. The lowest BCUT2D eigenvalue weighted by Gasteiger charge is -2.07. The summed E-state index contributed by atoms with van der Waals surface area (Å²) in [5.74, 6) is 1.02. The van der Waals surface area contributed by atoms with Gasteiger partial charge in [-0.15, -0.1) is 0 Å². The van der Waals surface area contributed by atoms with Crippen molar-refractivity contribution in [3.63, 3.8) is 0 Å². The van der Waals surface area contributed by atoms with Crippen molar-refractivity contribution in [3.8, 4) is 0 Å². The first-order valence-electron chi connectivity index (χ1n) is 8.23. The summed E-state index contributed by atoms with van der Waals surface area (Å²) in [5.41, 5.74) is 8.43. The van der Waals surface area contributed by atoms with E-state index < -0.39 is 0 Å². The van der Waals surface area contributed by atoms with Gasteiger partial charge >= 0.3 is 0 Å². The highest BCUT2D eigenvalue weighted by atomic mass is 16.1. The van der Waals surface area contributed by atoms with Crippen LogP contribution in [0.4, 0.5) is 0 Å². The average molecular weight is 316 g/mol. The van der Waals surface area contributed by atoms with Crippen molar-refractivity contribution >= 4 is 5.91 Å². The molecule has 0 bridgehead atoms. The Balaban J connectivity index is 0.000000515. The van der Waals surface area contributed by atoms with E-state index in [1.165, 1.54) is 11.1 Å². The zero-order valence-corrected chi connectivity index (χ0v) is 15.2. The van der Waals surface area contributed by atoms with Crippen LogP contribution in [0, 0.1) is 5.92 Å². The molecule has 1 rings (SSSR count). The molecular weight excluding hydrogens is 284 g/mol. The third kappa shape index (κ3) is 8.99. The molecule has 0 aliphatic heterocycles. The molecule has 0 saturated carbocycles. The molecular formula is C20H32N2O. The topological polar surface area (TPSA) is 55.1 Å². The van der Waals surface area contributed by atoms with E-state index in [2.05, 4.69) is 39.6 Å². The second kappa shape index (κ2) is 11.7. The third-order valence-electron chi connectivity index (χ3n) is 3.39. The summed E-state index contributed by atoms with van der Waals surface area (Å²) in [6, 6.07) is 7.67. The molecule has 1 aromatic rings. The fraction of sp³-hybridized carbons (Fsp3) is 0.450. The Morgan fingerprint density at radius 3 is 2.13 bits per heavy atom. The van der Waals surface area contributed by atoms with Crippen molar-refractivity contribution in [2.75, 3.05) is 13.1 Å². The Morgan fingerprint density at radius 2 is 1.78 bits per heavy atom. The van der Waals surface area contributed by atoms with Crippen LogP contribution in [0.15, 0.2) is 48.6 Å². The Kier molecular flexibility index (Phi) is 10.7. The second-order valence-corrected chi connectivity index (χ2v) is 6.05. The number of benzene rings is 1. The van der Waals surface area contributed by atoms with Gasteiger partial charge in [-0.05, 0) is 36.5 Å². The lowest BCUT2D eigenvalue weighted by molar-refractivity contribution is 0.0954. The molecule has 23 heavy (non-hydrogen) atoms. The van der Waals surface area contributed by atoms with Crippen molar-refractivity contribution in [1.82, 2.24) is 5.32 Å². The van der Waals surface area contributed by atoms with E-state index >= 15 is 0 Å². The van der Waals surface area contributed by atoms with E-state index in [1.54, 1.807) is 0 Å². The maximum absolute atomic E-state index is 11.5. The number of nitrogens with two attached hydrogens (primary N) is 1. The molecule has 128 valence electrons. The summed E-state index contributed by atoms with van der Waals surface area (Å²) in [4.78, 5) is 11.5. The summed E-state index contributed by atoms with van der Waals surface area (Å²) in [6.45, 7) is 15.4. The quantitative estimate of drug-likeness (QED) is 0.770. The molecule has 3 nitrogen and oxygen atoms in total. The normalized spacial score (nSPS) is 10.6. The maximum Gasteiger partial charge on any atom is 0.251 e. The number of nitrogens with one attached hydrogen (secondary N) is 1. The van der Waals surface area contributed by atoms with Gasteiger partial charge in [0.15, 0.2) is 0 Å². The van der Waals surface area contributed by atoms with E-state index in [4.69, 9.17) is 5.73 Å². The maximum atomic E-state index is 11.5. The number of carbonyl (C=O) groups excluding carboxylic acids is 1. The Morgan fingerprint density at radius 1 is 1.22 bits per heavy atom. The predicted octanol–water partition coefficient (Wildman–Crippen LogP) is 4.27. The molecule has 0 spiro atoms. The molecule has 3 heteroatoms. The smallest absolute Gasteiger partial charge is 0.251 e. The molecule has 0 radical (unpaired) electrons. The van der Waals surface area contributed by atoms with Crippen LogP contribution >= 0.6 is 0 Å². The lowest BCUT2D eigenvalue weighted by Crippen LogP contribution is -2.28. The van der Waals surface area contributed by atoms with Gasteiger partial charge in [0.1, 0.15) is 0 Å². The van der Waals surface area contributed by atoms with Crippen LogP contribution in [0.3, 0.4) is 0 Å². The molecule has 0 aliphatic rings. The van der Waals surface area contributed by atoms with Crippen molar-refractivity contribution in [2.45, 2.75) is 40.5 Å². The van der Waals surface area contributed by atoms with Gasteiger partial charge < -0.3 is 11.1 Å². The summed E-state index contributed by atoms with van der Waals surface area (Å²) in [6.07, 6.45) is 4.06. The Labute approximate surface area is 141 Å². The minimum atomic E-state index is -0.0595. The van der Waals surface area contributed by atoms with Crippen LogP contribution in [-0.4, -0.2) is 19.0 Å². The third-order valence-corrected chi connectivity index (χ3v) is 3.39. The van der Waals surface area contributed by atoms with Crippen LogP contribution in [-0.2, 0) is 0 Å². The number of allylic oxidation sites excluding steroid dienone is 3. The highest BCUT2D eigenvalue weighted by Crippen LogP contribution is 2.14. The SMILES string of the molecule is C=C(/C=C\C)C(C)C.CC(C)c1ccc(C(=O)NCCN)cc1. The van der Waals surface area contributed by atoms with Crippen LogP contribution < -0.4 is 11.1 Å². The zero-order chi connectivity index (χ0) is 17.8. The van der Waals surface area contributed by atoms with Crippen LogP contribution in [0.2, 0.25) is 0 Å². The molecule has 0 aliphatic carbocycles. The summed E-state index contributed by atoms with van der Waals surface area (Å²) < 4.78 is 0. The number of amides is 1. The van der Waals surface area contributed by atoms with Gasteiger partial charge in [-0.1, -0.05) is 64.1 Å². The van der Waals surface area contributed by atoms with Gasteiger partial charge in [-0.2, -0.15) is 0 Å². The average Bonchev–Trinajstić information content (AvgIpc) is 2.53. The fourth-order valence-electron chi connectivity index (χ4n) is 1.71. The highest BCUT2D eigenvalue weighted by molar-refractivity contribution is 5.94. The fourth-order valence-corrected chi connectivity index (χ4v) is 1.71. The lowest BCUT2D eigenvalue weighted by atomic mass is 10.0. The first-order chi connectivity index (χ1) is 10.8. The van der Waals surface area contributed by atoms with Crippen molar-refractivity contribution in [2.24, 2.45) is 11.7 Å². The van der Waals surface area contributed by atoms with E-state index in [1.807, 2.05) is 43.3 Å². The summed E-state index contributed by atoms with van der Waals surface area (Å²) in [5, 5.41) is 2.73. The van der Waals surface area contributed by atoms with E-state index in [-0.39, 0.29) is 5.91 Å².